The van der Waals surface area contributed by atoms with Crippen LogP contribution in [-0.4, -0.2) is 41.3 Å². The van der Waals surface area contributed by atoms with Gasteiger partial charge in [-0.1, -0.05) is 19.1 Å². The van der Waals surface area contributed by atoms with Gasteiger partial charge in [-0.15, -0.1) is 0 Å². The Hall–Kier alpha value is -2.74. The number of anilines is 2. The van der Waals surface area contributed by atoms with Crippen molar-refractivity contribution in [2.24, 2.45) is 0 Å². The van der Waals surface area contributed by atoms with E-state index in [1.165, 1.54) is 20.3 Å². The van der Waals surface area contributed by atoms with E-state index in [2.05, 4.69) is 5.32 Å². The number of amides is 1. The van der Waals surface area contributed by atoms with Crippen LogP contribution < -0.4 is 19.1 Å². The molecule has 8 heteroatoms. The number of hydrogen-bond donors (Lipinski definition) is 1. The molecule has 0 aliphatic rings. The van der Waals surface area contributed by atoms with Gasteiger partial charge in [0.2, 0.25) is 15.9 Å². The molecule has 0 fully saturated rings. The predicted octanol–water partition coefficient (Wildman–Crippen LogP) is 2.67. The van der Waals surface area contributed by atoms with Crippen LogP contribution >= 0.6 is 0 Å². The van der Waals surface area contributed by atoms with Crippen molar-refractivity contribution < 1.29 is 22.7 Å². The van der Waals surface area contributed by atoms with Gasteiger partial charge in [-0.3, -0.25) is 9.10 Å². The van der Waals surface area contributed by atoms with Gasteiger partial charge < -0.3 is 14.8 Å². The first-order chi connectivity index (χ1) is 12.8. The molecule has 1 amide bonds. The molecule has 0 aliphatic heterocycles. The third-order valence-electron chi connectivity index (χ3n) is 3.99. The molecular weight excluding hydrogens is 368 g/mol. The summed E-state index contributed by atoms with van der Waals surface area (Å²) in [6.45, 7) is 1.69. The fourth-order valence-electron chi connectivity index (χ4n) is 2.53. The normalized spacial score (nSPS) is 11.0. The lowest BCUT2D eigenvalue weighted by atomic mass is 10.1. The SMILES string of the molecule is CCc1ccc(NC(=O)CN(c2ccc(OC)c(OC)c2)S(C)(=O)=O)cc1. The Bertz CT molecular complexity index is 895. The summed E-state index contributed by atoms with van der Waals surface area (Å²) in [7, 11) is -0.738. The number of nitrogens with one attached hydrogen (secondary N) is 1. The largest absolute Gasteiger partial charge is 0.493 e. The molecule has 2 aromatic rings. The highest BCUT2D eigenvalue weighted by molar-refractivity contribution is 7.92. The maximum absolute atomic E-state index is 12.4. The van der Waals surface area contributed by atoms with Gasteiger partial charge in [-0.2, -0.15) is 0 Å². The summed E-state index contributed by atoms with van der Waals surface area (Å²) in [5.41, 5.74) is 2.07. The van der Waals surface area contributed by atoms with Crippen LogP contribution in [0.3, 0.4) is 0 Å². The van der Waals surface area contributed by atoms with Gasteiger partial charge in [0.25, 0.3) is 0 Å². The second kappa shape index (κ2) is 8.77. The highest BCUT2D eigenvalue weighted by atomic mass is 32.2. The maximum Gasteiger partial charge on any atom is 0.245 e. The molecule has 0 aliphatic carbocycles. The lowest BCUT2D eigenvalue weighted by Gasteiger charge is -2.23. The van der Waals surface area contributed by atoms with Crippen LogP contribution in [0.4, 0.5) is 11.4 Å². The highest BCUT2D eigenvalue weighted by Gasteiger charge is 2.22. The number of hydrogen-bond acceptors (Lipinski definition) is 5. The fraction of sp³-hybridized carbons (Fsp3) is 0.316. The third-order valence-corrected chi connectivity index (χ3v) is 5.13. The lowest BCUT2D eigenvalue weighted by Crippen LogP contribution is -2.37. The summed E-state index contributed by atoms with van der Waals surface area (Å²) in [6.07, 6.45) is 1.95. The van der Waals surface area contributed by atoms with Crippen molar-refractivity contribution in [2.45, 2.75) is 13.3 Å². The second-order valence-corrected chi connectivity index (χ2v) is 7.81. The zero-order valence-electron chi connectivity index (χ0n) is 15.9. The third kappa shape index (κ3) is 5.37. The van der Waals surface area contributed by atoms with Crippen molar-refractivity contribution >= 4 is 27.3 Å². The fourth-order valence-corrected chi connectivity index (χ4v) is 3.38. The number of ether oxygens (including phenoxy) is 2. The predicted molar refractivity (Wildman–Crippen MR) is 106 cm³/mol. The van der Waals surface area contributed by atoms with Gasteiger partial charge >= 0.3 is 0 Å². The monoisotopic (exact) mass is 392 g/mol. The minimum atomic E-state index is -3.68. The van der Waals surface area contributed by atoms with Crippen molar-refractivity contribution in [3.8, 4) is 11.5 Å². The second-order valence-electron chi connectivity index (χ2n) is 5.91. The van der Waals surface area contributed by atoms with Crippen LogP contribution in [0.15, 0.2) is 42.5 Å². The number of sulfonamides is 1. The lowest BCUT2D eigenvalue weighted by molar-refractivity contribution is -0.114. The first-order valence-corrected chi connectivity index (χ1v) is 10.2. The molecule has 0 radical (unpaired) electrons. The van der Waals surface area contributed by atoms with Gasteiger partial charge in [-0.25, -0.2) is 8.42 Å². The zero-order valence-corrected chi connectivity index (χ0v) is 16.7. The molecule has 1 N–H and O–H groups in total. The van der Waals surface area contributed by atoms with Gasteiger partial charge in [0, 0.05) is 11.8 Å². The van der Waals surface area contributed by atoms with Crippen LogP contribution in [-0.2, 0) is 21.2 Å². The molecule has 0 atom stereocenters. The number of aryl methyl sites for hydroxylation is 1. The topological polar surface area (TPSA) is 84.9 Å². The van der Waals surface area contributed by atoms with E-state index < -0.39 is 15.9 Å². The van der Waals surface area contributed by atoms with E-state index in [1.807, 2.05) is 19.1 Å². The average molecular weight is 392 g/mol. The Morgan fingerprint density at radius 2 is 1.67 bits per heavy atom. The smallest absolute Gasteiger partial charge is 0.245 e. The van der Waals surface area contributed by atoms with Crippen molar-refractivity contribution in [3.63, 3.8) is 0 Å². The Balaban J connectivity index is 2.23. The molecular formula is C19H24N2O5S. The Morgan fingerprint density at radius 3 is 2.19 bits per heavy atom. The van der Waals surface area contributed by atoms with Gasteiger partial charge in [-0.05, 0) is 36.2 Å². The van der Waals surface area contributed by atoms with Crippen LogP contribution in [0.1, 0.15) is 12.5 Å². The van der Waals surface area contributed by atoms with E-state index in [1.54, 1.807) is 24.3 Å². The molecule has 0 saturated carbocycles. The van der Waals surface area contributed by atoms with Crippen LogP contribution in [0.5, 0.6) is 11.5 Å². The van der Waals surface area contributed by atoms with E-state index in [4.69, 9.17) is 9.47 Å². The number of methoxy groups -OCH3 is 2. The van der Waals surface area contributed by atoms with E-state index in [9.17, 15) is 13.2 Å². The van der Waals surface area contributed by atoms with Crippen molar-refractivity contribution in [1.29, 1.82) is 0 Å². The molecule has 0 heterocycles. The number of carbonyl (C=O) groups excluding carboxylic acids is 1. The number of nitrogens with zero attached hydrogens (tertiary/aromatic N) is 1. The van der Waals surface area contributed by atoms with Crippen molar-refractivity contribution in [3.05, 3.63) is 48.0 Å². The molecule has 0 spiro atoms. The first-order valence-electron chi connectivity index (χ1n) is 8.37. The molecule has 0 bridgehead atoms. The first kappa shape index (κ1) is 20.6. The molecule has 0 saturated heterocycles. The summed E-state index contributed by atoms with van der Waals surface area (Å²) >= 11 is 0. The Labute approximate surface area is 160 Å². The van der Waals surface area contributed by atoms with Crippen LogP contribution in [0.25, 0.3) is 0 Å². The van der Waals surface area contributed by atoms with E-state index in [-0.39, 0.29) is 6.54 Å². The summed E-state index contributed by atoms with van der Waals surface area (Å²) in [5.74, 6) is 0.397. The van der Waals surface area contributed by atoms with Gasteiger partial charge in [0.15, 0.2) is 11.5 Å². The van der Waals surface area contributed by atoms with Crippen LogP contribution in [0, 0.1) is 0 Å². The number of rotatable bonds is 8. The summed E-state index contributed by atoms with van der Waals surface area (Å²) in [5, 5.41) is 2.72. The summed E-state index contributed by atoms with van der Waals surface area (Å²) in [4.78, 5) is 12.4. The zero-order chi connectivity index (χ0) is 20.0. The minimum Gasteiger partial charge on any atom is -0.493 e. The standard InChI is InChI=1S/C19H24N2O5S/c1-5-14-6-8-15(9-7-14)20-19(22)13-21(27(4,23)24)16-10-11-17(25-2)18(12-16)26-3/h6-12H,5,13H2,1-4H3,(H,20,22). The Kier molecular flexibility index (Phi) is 6.68. The average Bonchev–Trinajstić information content (AvgIpc) is 2.65. The molecule has 2 aromatic carbocycles. The van der Waals surface area contributed by atoms with Crippen LogP contribution in [0.2, 0.25) is 0 Å². The molecule has 146 valence electrons. The molecule has 27 heavy (non-hydrogen) atoms. The number of carbonyl (C=O) groups is 1. The van der Waals surface area contributed by atoms with E-state index >= 15 is 0 Å². The van der Waals surface area contributed by atoms with E-state index in [0.29, 0.717) is 22.9 Å². The minimum absolute atomic E-state index is 0.312. The summed E-state index contributed by atoms with van der Waals surface area (Å²) < 4.78 is 35.9. The molecule has 2 rings (SSSR count). The van der Waals surface area contributed by atoms with E-state index in [0.717, 1.165) is 22.5 Å². The number of benzene rings is 2. The summed E-state index contributed by atoms with van der Waals surface area (Å²) in [6, 6.07) is 12.1. The Morgan fingerprint density at radius 1 is 1.04 bits per heavy atom. The van der Waals surface area contributed by atoms with Crippen molar-refractivity contribution in [1.82, 2.24) is 0 Å². The maximum atomic E-state index is 12.4. The highest BCUT2D eigenvalue weighted by Crippen LogP contribution is 2.32. The van der Waals surface area contributed by atoms with Gasteiger partial charge in [0.05, 0.1) is 26.2 Å². The molecule has 7 nitrogen and oxygen atoms in total. The van der Waals surface area contributed by atoms with Crippen molar-refractivity contribution in [2.75, 3.05) is 36.6 Å². The molecule has 0 unspecified atom stereocenters. The van der Waals surface area contributed by atoms with Gasteiger partial charge in [0.1, 0.15) is 6.54 Å². The quantitative estimate of drug-likeness (QED) is 0.747. The molecule has 0 aromatic heterocycles.